The molecule has 27 heteroatoms. The number of pyridine rings is 5. The van der Waals surface area contributed by atoms with E-state index < -0.39 is 0 Å². The Morgan fingerprint density at radius 3 is 1.47 bits per heavy atom. The molecule has 147 heavy (non-hydrogen) atoms. The number of rotatable bonds is 8. The van der Waals surface area contributed by atoms with Crippen LogP contribution in [0.15, 0.2) is 400 Å². The molecule has 0 amide bonds. The Kier molecular flexibility index (Phi) is 43.2. The van der Waals surface area contributed by atoms with Gasteiger partial charge in [-0.25, -0.2) is 24.5 Å². The highest BCUT2D eigenvalue weighted by Crippen LogP contribution is 2.44. The highest BCUT2D eigenvalue weighted by atomic mass is 32.2. The molecule has 0 radical (unpaired) electrons. The lowest BCUT2D eigenvalue weighted by Gasteiger charge is -2.30. The fourth-order valence-corrected chi connectivity index (χ4v) is 17.5. The fraction of sp³-hybridized carbons (Fsp3) is 0.158. The molecule has 21 aromatic rings. The molecule has 9 aromatic heterocycles. The number of nitrogens with two attached hydrogens (primary N) is 5. The highest BCUT2D eigenvalue weighted by molar-refractivity contribution is 7.99. The number of para-hydroxylation sites is 7. The van der Waals surface area contributed by atoms with Gasteiger partial charge in [-0.2, -0.15) is 4.98 Å². The van der Waals surface area contributed by atoms with Crippen molar-refractivity contribution in [1.29, 1.82) is 0 Å². The van der Waals surface area contributed by atoms with Crippen LogP contribution in [0.3, 0.4) is 0 Å². The largest absolute Gasteiger partial charge is 0.399 e. The minimum absolute atomic E-state index is 0. The van der Waals surface area contributed by atoms with Crippen LogP contribution in [0.2, 0.25) is 0 Å². The van der Waals surface area contributed by atoms with Crippen LogP contribution in [-0.2, 0) is 18.3 Å². The normalized spacial score (nSPS) is 12.6. The molecule has 1 atom stereocenters. The molecule has 26 nitrogen and oxygen atoms in total. The number of benzene rings is 12. The third-order valence-corrected chi connectivity index (χ3v) is 24.9. The van der Waals surface area contributed by atoms with Gasteiger partial charge in [0, 0.05) is 144 Å². The maximum Gasteiger partial charge on any atom is 0.306 e. The number of aryl methyl sites for hydroxylation is 2. The second-order valence-electron chi connectivity index (χ2n) is 33.9. The summed E-state index contributed by atoms with van der Waals surface area (Å²) in [6.07, 6.45) is 40.2. The maximum atomic E-state index is 10.6. The number of nitrogens with one attached hydrogen (secondary N) is 4. The van der Waals surface area contributed by atoms with E-state index in [1.807, 2.05) is 260 Å². The molecular formula is C120H122N21O5S+. The Bertz CT molecular complexity index is 7140. The Morgan fingerprint density at radius 2 is 0.871 bits per heavy atom. The van der Waals surface area contributed by atoms with Crippen LogP contribution in [-0.4, -0.2) is 103 Å². The molecule has 0 spiro atoms. The zero-order chi connectivity index (χ0) is 102. The fourth-order valence-electron chi connectivity index (χ4n) is 16.5. The number of imidazole rings is 1. The van der Waals surface area contributed by atoms with Crippen LogP contribution in [0.1, 0.15) is 150 Å². The number of nitrogens with zero attached hydrogens (tertiary/aromatic N) is 12. The molecular weight excluding hydrogens is 1850 g/mol. The van der Waals surface area contributed by atoms with Gasteiger partial charge in [-0.05, 0) is 182 Å². The lowest BCUT2D eigenvalue weighted by atomic mass is 9.88. The van der Waals surface area contributed by atoms with Gasteiger partial charge in [0.15, 0.2) is 55.1 Å². The first-order chi connectivity index (χ1) is 71.7. The number of hydrogen-bond donors (Lipinski definition) is 9. The lowest BCUT2D eigenvalue weighted by Crippen LogP contribution is -2.40. The molecule has 2 fully saturated rings. The van der Waals surface area contributed by atoms with Crippen molar-refractivity contribution in [2.75, 3.05) is 33.6 Å². The Morgan fingerprint density at radius 1 is 0.388 bits per heavy atom. The van der Waals surface area contributed by atoms with Gasteiger partial charge in [0.05, 0.1) is 46.2 Å². The van der Waals surface area contributed by atoms with Crippen LogP contribution >= 0.6 is 11.8 Å². The number of anilines is 8. The highest BCUT2D eigenvalue weighted by Gasteiger charge is 2.21. The summed E-state index contributed by atoms with van der Waals surface area (Å²) in [4.78, 5) is 101. The SMILES string of the molecule is C.C1CCC(NC2CCCCC2)CC1.CC=O.C[n+]1c[nH]c2c(N)ncnc21.NC1CCCc2ccccc21.Nc1ccc2cccnc2c1.Nc1cccc2cccnc12.Nc1ncnc2nccnc12.O=Cc1cccc2ccccc12.O=Cc1ccnc2ccccc12.O=Cc1ccnc2ccccc12.O=Cc1cncc2ccccc12.c1ccc(Nc2ccccc2)cc1.c1ccc2c(c1)Nc1ccccc1S2. The second-order valence-corrected chi connectivity index (χ2v) is 35.0. The van der Waals surface area contributed by atoms with Gasteiger partial charge < -0.3 is 49.4 Å². The van der Waals surface area contributed by atoms with Gasteiger partial charge in [-0.1, -0.05) is 281 Å². The number of carbonyl (C=O) groups is 5. The van der Waals surface area contributed by atoms with Crippen LogP contribution in [0, 0.1) is 0 Å². The van der Waals surface area contributed by atoms with E-state index in [0.29, 0.717) is 45.5 Å². The van der Waals surface area contributed by atoms with E-state index in [1.165, 1.54) is 129 Å². The minimum Gasteiger partial charge on any atom is -0.399 e. The van der Waals surface area contributed by atoms with Crippen molar-refractivity contribution >= 4 is 176 Å². The zero-order valence-corrected chi connectivity index (χ0v) is 82.3. The third-order valence-electron chi connectivity index (χ3n) is 23.8. The summed E-state index contributed by atoms with van der Waals surface area (Å²) in [5.74, 6) is 0.846. The maximum absolute atomic E-state index is 10.6. The molecule has 12 aromatic carbocycles. The number of aldehydes is 5. The predicted molar refractivity (Wildman–Crippen MR) is 600 cm³/mol. The molecule has 14 N–H and O–H groups in total. The lowest BCUT2D eigenvalue weighted by molar-refractivity contribution is -0.646. The number of aromatic amines is 1. The van der Waals surface area contributed by atoms with Crippen LogP contribution in [0.5, 0.6) is 0 Å². The van der Waals surface area contributed by atoms with E-state index >= 15 is 0 Å². The number of H-pyrrole nitrogens is 1. The summed E-state index contributed by atoms with van der Waals surface area (Å²) in [6, 6.07) is 107. The van der Waals surface area contributed by atoms with Crippen molar-refractivity contribution in [1.82, 2.24) is 65.1 Å². The van der Waals surface area contributed by atoms with Crippen molar-refractivity contribution in [3.8, 4) is 0 Å². The Hall–Kier alpha value is -17.7. The van der Waals surface area contributed by atoms with E-state index in [4.69, 9.17) is 33.5 Å². The van der Waals surface area contributed by atoms with E-state index in [9.17, 15) is 19.2 Å². The van der Waals surface area contributed by atoms with Crippen molar-refractivity contribution in [2.24, 2.45) is 12.8 Å². The van der Waals surface area contributed by atoms with Gasteiger partial charge in [0.2, 0.25) is 5.52 Å². The van der Waals surface area contributed by atoms with Crippen molar-refractivity contribution in [2.45, 2.75) is 126 Å². The van der Waals surface area contributed by atoms with Crippen molar-refractivity contribution in [3.63, 3.8) is 0 Å². The minimum atomic E-state index is 0. The standard InChI is InChI=1S/C12H9NS.C12H23N.C12H11N.C11H8O.3C10H7NO.C10H13N.2C9H8N2.C6H7N5.C6H5N5.C2H4O.CH4/c1-3-7-11-9(5-1)13-10-6-2-4-8-12(10)14-11;2*1-3-7-11(8-4-1)13-12-9-5-2-6-10-12;12-8-10-6-3-5-9-4-1-2-7-11(9)10;12-7-9-6-11-5-8-3-1-2-4-10(8)9;2*12-7-8-5-6-11-10-4-2-1-3-9(8)10;11-10-7-3-5-8-4-1-2-6-9(8)10;10-8-5-1-3-7-4-2-6-11-9(7)8;10-8-4-3-7-2-1-5-11-9(7)6-8;1-11-3-10-4-5(7)8-2-9-6(4)11;7-5-4-6(11-3-10-5)9-2-1-8-4;1-2-3;/h1-8,13H;11-13H,1-10H2;1-10,13H;1-8H;3*1-7H;1-2,4,6,10H,3,5,7,11H2;2*1-6H,10H2;2-3H,1H3,(H2,7,8,9);1-3H,(H2,7,9,10,11);2H,1H3;1H4/p+1. The smallest absolute Gasteiger partial charge is 0.306 e. The third kappa shape index (κ3) is 32.7. The number of nitrogen functional groups attached to an aromatic ring is 4. The predicted octanol–water partition coefficient (Wildman–Crippen LogP) is 25.2. The van der Waals surface area contributed by atoms with Crippen molar-refractivity contribution < 1.29 is 28.5 Å². The number of hydrogen-bond acceptors (Lipinski definition) is 25. The molecule has 1 aliphatic heterocycles. The summed E-state index contributed by atoms with van der Waals surface area (Å²) in [7, 11) is 1.89. The summed E-state index contributed by atoms with van der Waals surface area (Å²) in [5, 5.41) is 18.7. The molecule has 0 saturated heterocycles. The van der Waals surface area contributed by atoms with Crippen molar-refractivity contribution in [3.05, 3.63) is 423 Å². The van der Waals surface area contributed by atoms with E-state index in [2.05, 4.69) is 149 Å². The number of fused-ring (bicyclic) bond motifs is 11. The summed E-state index contributed by atoms with van der Waals surface area (Å²) in [6.45, 7) is 1.44. The first kappa shape index (κ1) is 108. The monoisotopic (exact) mass is 1970 g/mol. The zero-order valence-electron chi connectivity index (χ0n) is 81.5. The molecule has 25 rings (SSSR count). The first-order valence-corrected chi connectivity index (χ1v) is 49.1. The summed E-state index contributed by atoms with van der Waals surface area (Å²) in [5.41, 5.74) is 46.3. The number of carbonyl (C=O) groups excluding carboxylic acids is 5. The quantitative estimate of drug-likeness (QED) is 0.0387. The molecule has 1 unspecified atom stereocenters. The Labute approximate surface area is 860 Å². The van der Waals surface area contributed by atoms with Gasteiger partial charge in [-0.15, -0.1) is 0 Å². The van der Waals surface area contributed by atoms with Gasteiger partial charge in [0.1, 0.15) is 18.1 Å². The van der Waals surface area contributed by atoms with Gasteiger partial charge in [0.25, 0.3) is 0 Å². The van der Waals surface area contributed by atoms with E-state index in [1.54, 1.807) is 68.0 Å². The van der Waals surface area contributed by atoms with Crippen LogP contribution in [0.4, 0.5) is 45.8 Å². The van der Waals surface area contributed by atoms with E-state index in [0.717, 1.165) is 155 Å². The van der Waals surface area contributed by atoms with Crippen LogP contribution in [0.25, 0.3) is 87.5 Å². The average Bonchev–Trinajstić information content (AvgIpc) is 1.38. The van der Waals surface area contributed by atoms with Gasteiger partial charge >= 0.3 is 5.65 Å². The molecule has 0 bridgehead atoms. The molecule has 742 valence electrons. The first-order valence-electron chi connectivity index (χ1n) is 48.3. The topological polar surface area (TPSA) is 413 Å². The molecule has 10 heterocycles. The summed E-state index contributed by atoms with van der Waals surface area (Å²) >= 11 is 1.82. The Balaban J connectivity index is 0.000000142. The average molecular weight is 1970 g/mol. The molecule has 2 saturated carbocycles. The van der Waals surface area contributed by atoms with Crippen LogP contribution < -0.4 is 49.2 Å². The summed E-state index contributed by atoms with van der Waals surface area (Å²) < 4.78 is 1.85. The second kappa shape index (κ2) is 58.7. The van der Waals surface area contributed by atoms with Gasteiger partial charge in [-0.3, -0.25) is 49.1 Å². The molecule has 4 aliphatic rings. The number of aromatic nitrogens is 13. The van der Waals surface area contributed by atoms with E-state index in [-0.39, 0.29) is 7.43 Å². The molecule has 3 aliphatic carbocycles.